The van der Waals surface area contributed by atoms with E-state index in [1.807, 2.05) is 0 Å². The van der Waals surface area contributed by atoms with Gasteiger partial charge in [-0.15, -0.1) is 0 Å². The van der Waals surface area contributed by atoms with Crippen LogP contribution >= 0.6 is 0 Å². The van der Waals surface area contributed by atoms with E-state index >= 15 is 0 Å². The van der Waals surface area contributed by atoms with Gasteiger partial charge in [-0.25, -0.2) is 0 Å². The Balaban J connectivity index is 1.48. The first-order chi connectivity index (χ1) is 13.3. The molecule has 4 aliphatic carbocycles. The smallest absolute Gasteiger partial charge is 0.192 e. The second kappa shape index (κ2) is 7.52. The summed E-state index contributed by atoms with van der Waals surface area (Å²) in [5, 5.41) is 0. The number of Topliss-reactive ketones (excluding diaryl/α,β-unsaturated/α-hetero) is 1. The van der Waals surface area contributed by atoms with Gasteiger partial charge in [0.2, 0.25) is 0 Å². The Morgan fingerprint density at radius 2 is 1.64 bits per heavy atom. The number of carbonyl (C=O) groups is 1. The monoisotopic (exact) mass is 404 g/mol. The van der Waals surface area contributed by atoms with Crippen LogP contribution in [-0.4, -0.2) is 20.2 Å². The van der Waals surface area contributed by atoms with Gasteiger partial charge in [0.15, 0.2) is 8.32 Å². The van der Waals surface area contributed by atoms with E-state index in [9.17, 15) is 4.79 Å². The number of ketones is 1. The van der Waals surface area contributed by atoms with Crippen LogP contribution in [0.4, 0.5) is 0 Å². The van der Waals surface area contributed by atoms with Gasteiger partial charge in [0, 0.05) is 17.9 Å². The summed E-state index contributed by atoms with van der Waals surface area (Å²) >= 11 is 0. The summed E-state index contributed by atoms with van der Waals surface area (Å²) in [5.74, 6) is 3.80. The molecule has 3 heteroatoms. The van der Waals surface area contributed by atoms with Gasteiger partial charge in [-0.3, -0.25) is 4.79 Å². The molecule has 0 aromatic rings. The van der Waals surface area contributed by atoms with E-state index in [1.165, 1.54) is 63.1 Å². The lowest BCUT2D eigenvalue weighted by Crippen LogP contribution is -2.55. The predicted molar refractivity (Wildman–Crippen MR) is 119 cm³/mol. The highest BCUT2D eigenvalue weighted by atomic mass is 28.4. The van der Waals surface area contributed by atoms with Crippen molar-refractivity contribution in [1.82, 2.24) is 0 Å². The molecule has 0 spiro atoms. The predicted octanol–water partition coefficient (Wildman–Crippen LogP) is 6.99. The van der Waals surface area contributed by atoms with Gasteiger partial charge >= 0.3 is 0 Å². The van der Waals surface area contributed by atoms with Crippen LogP contribution in [0.3, 0.4) is 0 Å². The minimum Gasteiger partial charge on any atom is -0.414 e. The Hall–Kier alpha value is -0.153. The maximum absolute atomic E-state index is 12.6. The Morgan fingerprint density at radius 3 is 2.32 bits per heavy atom. The molecule has 160 valence electrons. The number of carbonyl (C=O) groups excluding carboxylic acids is 1. The summed E-state index contributed by atoms with van der Waals surface area (Å²) in [5.41, 5.74) is 0.532. The molecule has 4 fully saturated rings. The topological polar surface area (TPSA) is 26.3 Å². The molecule has 0 saturated heterocycles. The van der Waals surface area contributed by atoms with Gasteiger partial charge in [0.05, 0.1) is 0 Å². The van der Waals surface area contributed by atoms with E-state index in [-0.39, 0.29) is 5.41 Å². The molecule has 28 heavy (non-hydrogen) atoms. The van der Waals surface area contributed by atoms with Crippen LogP contribution in [0.1, 0.15) is 92.4 Å². The molecule has 4 aliphatic rings. The fraction of sp³-hybridized carbons (Fsp3) is 0.960. The van der Waals surface area contributed by atoms with Crippen molar-refractivity contribution in [1.29, 1.82) is 0 Å². The average molecular weight is 405 g/mol. The molecule has 0 unspecified atom stereocenters. The minimum absolute atomic E-state index is 0.0270. The highest BCUT2D eigenvalue weighted by Gasteiger charge is 2.60. The second-order valence-electron chi connectivity index (χ2n) is 11.3. The van der Waals surface area contributed by atoms with E-state index in [1.54, 1.807) is 0 Å². The van der Waals surface area contributed by atoms with Crippen molar-refractivity contribution in [3.8, 4) is 0 Å². The van der Waals surface area contributed by atoms with Crippen LogP contribution in [0.2, 0.25) is 18.1 Å². The Kier molecular flexibility index (Phi) is 5.66. The SMILES string of the molecule is CC[Si](CC)(CC)O[C@H]1CC[C@@]2(C)[C@@H](CC[C@@H]3[C@@H]2CC[C@]2(C)C(=O)CC[C@@H]32)C1. The molecular weight excluding hydrogens is 360 g/mol. The van der Waals surface area contributed by atoms with Crippen LogP contribution < -0.4 is 0 Å². The average Bonchev–Trinajstić information content (AvgIpc) is 3.01. The summed E-state index contributed by atoms with van der Waals surface area (Å²) in [6.45, 7) is 12.0. The first-order valence-electron chi connectivity index (χ1n) is 12.5. The maximum atomic E-state index is 12.6. The summed E-state index contributed by atoms with van der Waals surface area (Å²) in [6.07, 6.45) is 11.8. The first-order valence-corrected chi connectivity index (χ1v) is 15.1. The summed E-state index contributed by atoms with van der Waals surface area (Å²) in [7, 11) is -1.49. The van der Waals surface area contributed by atoms with Crippen molar-refractivity contribution in [3.05, 3.63) is 0 Å². The normalized spacial score (nSPS) is 46.0. The van der Waals surface area contributed by atoms with Crippen molar-refractivity contribution in [2.45, 2.75) is 117 Å². The fourth-order valence-corrected chi connectivity index (χ4v) is 11.4. The van der Waals surface area contributed by atoms with Crippen molar-refractivity contribution in [3.63, 3.8) is 0 Å². The molecule has 0 heterocycles. The van der Waals surface area contributed by atoms with Crippen molar-refractivity contribution < 1.29 is 9.22 Å². The van der Waals surface area contributed by atoms with E-state index in [0.29, 0.717) is 23.2 Å². The number of rotatable bonds is 5. The molecule has 0 aromatic carbocycles. The lowest BCUT2D eigenvalue weighted by atomic mass is 9.45. The third-order valence-corrected chi connectivity index (χ3v) is 15.4. The van der Waals surface area contributed by atoms with Crippen LogP contribution in [0, 0.1) is 34.5 Å². The Morgan fingerprint density at radius 1 is 0.929 bits per heavy atom. The van der Waals surface area contributed by atoms with Gasteiger partial charge in [-0.2, -0.15) is 0 Å². The molecule has 2 nitrogen and oxygen atoms in total. The van der Waals surface area contributed by atoms with Gasteiger partial charge in [-0.1, -0.05) is 34.6 Å². The van der Waals surface area contributed by atoms with Crippen LogP contribution in [0.25, 0.3) is 0 Å². The minimum atomic E-state index is -1.49. The Labute approximate surface area is 174 Å². The van der Waals surface area contributed by atoms with Crippen molar-refractivity contribution >= 4 is 14.1 Å². The highest BCUT2D eigenvalue weighted by molar-refractivity contribution is 6.73. The van der Waals surface area contributed by atoms with Crippen LogP contribution in [0.15, 0.2) is 0 Å². The van der Waals surface area contributed by atoms with Gasteiger partial charge in [-0.05, 0) is 98.6 Å². The van der Waals surface area contributed by atoms with E-state index in [2.05, 4.69) is 34.6 Å². The summed E-state index contributed by atoms with van der Waals surface area (Å²) < 4.78 is 6.95. The zero-order valence-corrected chi connectivity index (χ0v) is 20.2. The number of hydrogen-bond acceptors (Lipinski definition) is 2. The molecule has 4 saturated carbocycles. The second-order valence-corrected chi connectivity index (χ2v) is 16.1. The lowest BCUT2D eigenvalue weighted by molar-refractivity contribution is -0.141. The van der Waals surface area contributed by atoms with Crippen LogP contribution in [-0.2, 0) is 9.22 Å². The fourth-order valence-electron chi connectivity index (χ4n) is 8.45. The van der Waals surface area contributed by atoms with Crippen molar-refractivity contribution in [2.24, 2.45) is 34.5 Å². The first kappa shape index (κ1) is 21.1. The molecule has 7 atom stereocenters. The van der Waals surface area contributed by atoms with Crippen LogP contribution in [0.5, 0.6) is 0 Å². The summed E-state index contributed by atoms with van der Waals surface area (Å²) in [4.78, 5) is 12.6. The van der Waals surface area contributed by atoms with E-state index in [0.717, 1.165) is 30.6 Å². The quantitative estimate of drug-likeness (QED) is 0.462. The molecule has 0 aromatic heterocycles. The van der Waals surface area contributed by atoms with Gasteiger partial charge in [0.25, 0.3) is 0 Å². The lowest BCUT2D eigenvalue weighted by Gasteiger charge is -2.60. The third kappa shape index (κ3) is 3.09. The van der Waals surface area contributed by atoms with E-state index in [4.69, 9.17) is 4.43 Å². The maximum Gasteiger partial charge on any atom is 0.192 e. The molecule has 0 aliphatic heterocycles. The zero-order chi connectivity index (χ0) is 20.2. The number of fused-ring (bicyclic) bond motifs is 5. The molecule has 0 N–H and O–H groups in total. The molecule has 0 bridgehead atoms. The van der Waals surface area contributed by atoms with Gasteiger partial charge in [0.1, 0.15) is 5.78 Å². The Bertz CT molecular complexity index is 591. The molecule has 0 amide bonds. The standard InChI is InChI=1S/C25H44O2Si/c1-6-28(7-2,8-3)27-19-13-15-24(4)18(17-19)9-10-20-21-11-12-23(26)25(21,5)16-14-22(20)24/h18-22H,6-17H2,1-5H3/t18-,19-,20-,21-,22-,24-,25-/m0/s1. The molecular formula is C25H44O2Si. The molecule has 4 rings (SSSR count). The molecule has 0 radical (unpaired) electrons. The van der Waals surface area contributed by atoms with Gasteiger partial charge < -0.3 is 4.43 Å². The van der Waals surface area contributed by atoms with E-state index < -0.39 is 8.32 Å². The zero-order valence-electron chi connectivity index (χ0n) is 19.2. The number of hydrogen-bond donors (Lipinski definition) is 0. The van der Waals surface area contributed by atoms with Crippen molar-refractivity contribution in [2.75, 3.05) is 0 Å². The summed E-state index contributed by atoms with van der Waals surface area (Å²) in [6, 6.07) is 3.83. The highest BCUT2D eigenvalue weighted by Crippen LogP contribution is 2.65. The third-order valence-electron chi connectivity index (χ3n) is 10.7. The largest absolute Gasteiger partial charge is 0.414 e.